The topological polar surface area (TPSA) is 59.8 Å². The van der Waals surface area contributed by atoms with Crippen molar-refractivity contribution in [1.29, 1.82) is 0 Å². The summed E-state index contributed by atoms with van der Waals surface area (Å²) in [5.41, 5.74) is 0.230. The highest BCUT2D eigenvalue weighted by atomic mass is 35.5. The van der Waals surface area contributed by atoms with Crippen LogP contribution in [0.3, 0.4) is 0 Å². The number of rotatable bonds is 6. The number of fused-ring (bicyclic) bond motifs is 1. The van der Waals surface area contributed by atoms with Crippen LogP contribution in [-0.4, -0.2) is 23.5 Å². The highest BCUT2D eigenvalue weighted by molar-refractivity contribution is 6.31. The summed E-state index contributed by atoms with van der Waals surface area (Å²) in [5, 5.41) is 1.05. The fraction of sp³-hybridized carbons (Fsp3) is 0.238. The number of ether oxygens (including phenoxy) is 1. The van der Waals surface area contributed by atoms with Crippen LogP contribution in [0.4, 0.5) is 4.39 Å². The second-order valence-electron chi connectivity index (χ2n) is 6.70. The van der Waals surface area contributed by atoms with E-state index in [0.29, 0.717) is 21.9 Å². The first-order chi connectivity index (χ1) is 13.5. The lowest BCUT2D eigenvalue weighted by atomic mass is 10.2. The Labute approximate surface area is 165 Å². The summed E-state index contributed by atoms with van der Waals surface area (Å²) in [6, 6.07) is 12.6. The van der Waals surface area contributed by atoms with Gasteiger partial charge in [0.15, 0.2) is 6.61 Å². The van der Waals surface area contributed by atoms with Crippen molar-refractivity contribution in [3.05, 3.63) is 75.4 Å². The van der Waals surface area contributed by atoms with Crippen molar-refractivity contribution < 1.29 is 18.3 Å². The minimum absolute atomic E-state index is 0.0707. The lowest BCUT2D eigenvalue weighted by Crippen LogP contribution is -2.36. The normalized spacial score (nSPS) is 13.5. The molecule has 144 valence electrons. The third-order valence-corrected chi connectivity index (χ3v) is 5.01. The van der Waals surface area contributed by atoms with Crippen molar-refractivity contribution >= 4 is 28.5 Å². The molecule has 0 spiro atoms. The third-order valence-electron chi connectivity index (χ3n) is 4.66. The molecule has 1 fully saturated rings. The molecule has 0 aliphatic heterocycles. The fourth-order valence-corrected chi connectivity index (χ4v) is 3.24. The molecule has 1 aromatic heterocycles. The largest absolute Gasteiger partial charge is 0.484 e. The molecule has 0 N–H and O–H groups in total. The molecular weight excluding hydrogens is 385 g/mol. The van der Waals surface area contributed by atoms with Gasteiger partial charge in [-0.25, -0.2) is 9.18 Å². The average Bonchev–Trinajstić information content (AvgIpc) is 3.50. The van der Waals surface area contributed by atoms with E-state index in [4.69, 9.17) is 20.8 Å². The Hall–Kier alpha value is -2.86. The van der Waals surface area contributed by atoms with E-state index in [9.17, 15) is 14.0 Å². The van der Waals surface area contributed by atoms with Crippen LogP contribution in [0.15, 0.2) is 57.7 Å². The summed E-state index contributed by atoms with van der Waals surface area (Å²) >= 11 is 6.10. The van der Waals surface area contributed by atoms with E-state index in [1.165, 1.54) is 18.2 Å². The van der Waals surface area contributed by atoms with Crippen molar-refractivity contribution in [1.82, 2.24) is 4.90 Å². The predicted molar refractivity (Wildman–Crippen MR) is 103 cm³/mol. The van der Waals surface area contributed by atoms with Gasteiger partial charge in [-0.05, 0) is 43.2 Å². The Morgan fingerprint density at radius 1 is 1.21 bits per heavy atom. The zero-order valence-corrected chi connectivity index (χ0v) is 15.6. The lowest BCUT2D eigenvalue weighted by Gasteiger charge is -2.23. The predicted octanol–water partition coefficient (Wildman–Crippen LogP) is 4.16. The minimum atomic E-state index is -0.456. The van der Waals surface area contributed by atoms with Gasteiger partial charge in [-0.15, -0.1) is 0 Å². The van der Waals surface area contributed by atoms with E-state index >= 15 is 0 Å². The third kappa shape index (κ3) is 4.02. The minimum Gasteiger partial charge on any atom is -0.484 e. The number of hydrogen-bond acceptors (Lipinski definition) is 4. The molecule has 7 heteroatoms. The van der Waals surface area contributed by atoms with Gasteiger partial charge in [0.05, 0.1) is 6.54 Å². The van der Waals surface area contributed by atoms with Crippen molar-refractivity contribution in [3.63, 3.8) is 0 Å². The Balaban J connectivity index is 1.47. The molecule has 0 unspecified atom stereocenters. The van der Waals surface area contributed by atoms with E-state index in [0.717, 1.165) is 18.2 Å². The van der Waals surface area contributed by atoms with Crippen LogP contribution in [0.25, 0.3) is 11.0 Å². The van der Waals surface area contributed by atoms with Crippen LogP contribution >= 0.6 is 11.6 Å². The standard InChI is InChI=1S/C21H17ClFNO4/c22-17-2-1-3-18(23)16(17)11-24(14-6-7-14)20(25)12-27-15-8-4-13-5-9-21(26)28-19(13)10-15/h1-5,8-10,14H,6-7,11-12H2. The molecule has 1 aliphatic carbocycles. The summed E-state index contributed by atoms with van der Waals surface area (Å²) in [6.07, 6.45) is 1.75. The van der Waals surface area contributed by atoms with Gasteiger partial charge in [0, 0.05) is 34.1 Å². The number of halogens is 2. The summed E-state index contributed by atoms with van der Waals surface area (Å²) < 4.78 is 24.8. The first-order valence-corrected chi connectivity index (χ1v) is 9.28. The molecule has 1 amide bonds. The lowest BCUT2D eigenvalue weighted by molar-refractivity contribution is -0.134. The van der Waals surface area contributed by atoms with Crippen LogP contribution < -0.4 is 10.4 Å². The molecule has 4 rings (SSSR count). The molecule has 0 radical (unpaired) electrons. The van der Waals surface area contributed by atoms with Crippen molar-refractivity contribution in [2.75, 3.05) is 6.61 Å². The second-order valence-corrected chi connectivity index (χ2v) is 7.10. The van der Waals surface area contributed by atoms with Crippen LogP contribution in [0.5, 0.6) is 5.75 Å². The van der Waals surface area contributed by atoms with Crippen molar-refractivity contribution in [3.8, 4) is 5.75 Å². The van der Waals surface area contributed by atoms with Gasteiger partial charge in [0.25, 0.3) is 5.91 Å². The molecule has 28 heavy (non-hydrogen) atoms. The van der Waals surface area contributed by atoms with Gasteiger partial charge < -0.3 is 14.1 Å². The number of carbonyl (C=O) groups is 1. The Morgan fingerprint density at radius 3 is 2.75 bits per heavy atom. The van der Waals surface area contributed by atoms with E-state index in [1.807, 2.05) is 0 Å². The molecular formula is C21H17ClFNO4. The Kier molecular flexibility index (Phi) is 5.05. The van der Waals surface area contributed by atoms with Gasteiger partial charge in [-0.1, -0.05) is 17.7 Å². The quantitative estimate of drug-likeness (QED) is 0.582. The molecule has 0 saturated heterocycles. The first kappa shape index (κ1) is 18.5. The smallest absolute Gasteiger partial charge is 0.336 e. The first-order valence-electron chi connectivity index (χ1n) is 8.90. The van der Waals surface area contributed by atoms with E-state index in [-0.39, 0.29) is 25.1 Å². The molecule has 1 saturated carbocycles. The summed E-state index contributed by atoms with van der Waals surface area (Å²) in [7, 11) is 0. The maximum absolute atomic E-state index is 14.1. The monoisotopic (exact) mass is 401 g/mol. The maximum atomic E-state index is 14.1. The summed E-state index contributed by atoms with van der Waals surface area (Å²) in [6.45, 7) is -0.101. The molecule has 2 aromatic carbocycles. The fourth-order valence-electron chi connectivity index (χ4n) is 3.02. The van der Waals surface area contributed by atoms with Gasteiger partial charge in [-0.2, -0.15) is 0 Å². The average molecular weight is 402 g/mol. The summed E-state index contributed by atoms with van der Waals surface area (Å²) in [4.78, 5) is 25.7. The number of benzene rings is 2. The van der Waals surface area contributed by atoms with E-state index in [2.05, 4.69) is 0 Å². The molecule has 1 aliphatic rings. The molecule has 0 bridgehead atoms. The van der Waals surface area contributed by atoms with Crippen LogP contribution in [0.1, 0.15) is 18.4 Å². The second kappa shape index (κ2) is 7.64. The zero-order valence-electron chi connectivity index (χ0n) is 14.9. The Morgan fingerprint density at radius 2 is 2.00 bits per heavy atom. The van der Waals surface area contributed by atoms with Crippen molar-refractivity contribution in [2.24, 2.45) is 0 Å². The van der Waals surface area contributed by atoms with Gasteiger partial charge in [0.2, 0.25) is 0 Å². The molecule has 3 aromatic rings. The molecule has 0 atom stereocenters. The maximum Gasteiger partial charge on any atom is 0.336 e. The van der Waals surface area contributed by atoms with E-state index < -0.39 is 11.4 Å². The number of hydrogen-bond donors (Lipinski definition) is 0. The van der Waals surface area contributed by atoms with Crippen LogP contribution in [0.2, 0.25) is 5.02 Å². The molecule has 5 nitrogen and oxygen atoms in total. The number of carbonyl (C=O) groups excluding carboxylic acids is 1. The highest BCUT2D eigenvalue weighted by Crippen LogP contribution is 2.31. The van der Waals surface area contributed by atoms with Crippen LogP contribution in [-0.2, 0) is 11.3 Å². The Bertz CT molecular complexity index is 1070. The summed E-state index contributed by atoms with van der Waals surface area (Å²) in [5.74, 6) is -0.275. The molecule has 1 heterocycles. The number of nitrogens with zero attached hydrogens (tertiary/aromatic N) is 1. The van der Waals surface area contributed by atoms with Crippen molar-refractivity contribution in [2.45, 2.75) is 25.4 Å². The SMILES string of the molecule is O=C(COc1ccc2ccc(=O)oc2c1)N(Cc1c(F)cccc1Cl)C1CC1. The number of amides is 1. The van der Waals surface area contributed by atoms with Gasteiger partial charge in [-0.3, -0.25) is 4.79 Å². The highest BCUT2D eigenvalue weighted by Gasteiger charge is 2.33. The van der Waals surface area contributed by atoms with Crippen LogP contribution in [0, 0.1) is 5.82 Å². The van der Waals surface area contributed by atoms with E-state index in [1.54, 1.807) is 35.2 Å². The van der Waals surface area contributed by atoms with Gasteiger partial charge >= 0.3 is 5.63 Å². The van der Waals surface area contributed by atoms with Gasteiger partial charge in [0.1, 0.15) is 17.1 Å². The zero-order chi connectivity index (χ0) is 19.7.